The predicted octanol–water partition coefficient (Wildman–Crippen LogP) is 3.17. The molecule has 1 N–H and O–H groups in total. The van der Waals surface area contributed by atoms with Crippen molar-refractivity contribution in [3.05, 3.63) is 69.7 Å². The molecule has 7 heteroatoms. The van der Waals surface area contributed by atoms with Crippen LogP contribution < -0.4 is 5.32 Å². The van der Waals surface area contributed by atoms with Gasteiger partial charge < -0.3 is 14.5 Å². The van der Waals surface area contributed by atoms with Crippen molar-refractivity contribution in [1.82, 2.24) is 10.2 Å². The molecule has 144 valence electrons. The van der Waals surface area contributed by atoms with E-state index in [0.717, 1.165) is 44.4 Å². The van der Waals surface area contributed by atoms with Crippen molar-refractivity contribution in [1.29, 1.82) is 0 Å². The first-order chi connectivity index (χ1) is 13.1. The molecule has 1 atom stereocenters. The average Bonchev–Trinajstić information content (AvgIpc) is 3.11. The highest BCUT2D eigenvalue weighted by Gasteiger charge is 2.24. The summed E-state index contributed by atoms with van der Waals surface area (Å²) in [5.41, 5.74) is 0.724. The Morgan fingerprint density at radius 3 is 2.74 bits per heavy atom. The fourth-order valence-electron chi connectivity index (χ4n) is 3.22. The van der Waals surface area contributed by atoms with E-state index < -0.39 is 0 Å². The van der Waals surface area contributed by atoms with Crippen LogP contribution >= 0.6 is 0 Å². The van der Waals surface area contributed by atoms with Gasteiger partial charge in [-0.25, -0.2) is 0 Å². The normalized spacial score (nSPS) is 16.6. The van der Waals surface area contributed by atoms with Gasteiger partial charge in [-0.05, 0) is 25.1 Å². The van der Waals surface area contributed by atoms with E-state index in [2.05, 4.69) is 10.2 Å². The summed E-state index contributed by atoms with van der Waals surface area (Å²) in [4.78, 5) is 13.1. The van der Waals surface area contributed by atoms with Crippen LogP contribution in [0.15, 0.2) is 46.9 Å². The lowest BCUT2D eigenvalue weighted by atomic mass is 10.1. The van der Waals surface area contributed by atoms with Gasteiger partial charge in [0.05, 0.1) is 29.7 Å². The highest BCUT2D eigenvalue weighted by Crippen LogP contribution is 2.23. The zero-order chi connectivity index (χ0) is 19.1. The fraction of sp³-hybridized carbons (Fsp3) is 0.400. The molecule has 3 rings (SSSR count). The summed E-state index contributed by atoms with van der Waals surface area (Å²) < 4.78 is 11.3. The number of furan rings is 1. The molecule has 1 aromatic carbocycles. The largest absolute Gasteiger partial charge is 0.465 e. The molecule has 1 aromatic heterocycles. The Hall–Kier alpha value is -2.48. The molecule has 1 saturated heterocycles. The number of nitrogens with zero attached hydrogens (tertiary/aromatic N) is 2. The number of ether oxygens (including phenoxy) is 1. The van der Waals surface area contributed by atoms with Crippen molar-refractivity contribution in [3.8, 4) is 0 Å². The number of benzene rings is 1. The number of aryl methyl sites for hydroxylation is 1. The van der Waals surface area contributed by atoms with E-state index in [1.807, 2.05) is 25.1 Å². The molecule has 27 heavy (non-hydrogen) atoms. The van der Waals surface area contributed by atoms with Gasteiger partial charge in [-0.15, -0.1) is 0 Å². The second-order valence-electron chi connectivity index (χ2n) is 6.49. The minimum Gasteiger partial charge on any atom is -0.465 e. The standard InChI is InChI=1S/C20H25N3O4/c1-16-8-9-20(27-16)19(22-11-13-26-14-12-22)15-21-10-4-6-17-5-2-3-7-18(17)23(24)25/h2-9,19,21H,10-15H2,1H3/b6-4+. The third-order valence-corrected chi connectivity index (χ3v) is 4.61. The van der Waals surface area contributed by atoms with Gasteiger partial charge in [0.1, 0.15) is 11.5 Å². The maximum atomic E-state index is 11.1. The molecule has 1 aliphatic rings. The monoisotopic (exact) mass is 371 g/mol. The highest BCUT2D eigenvalue weighted by molar-refractivity contribution is 5.60. The topological polar surface area (TPSA) is 80.8 Å². The fourth-order valence-corrected chi connectivity index (χ4v) is 3.22. The van der Waals surface area contributed by atoms with Crippen molar-refractivity contribution in [2.75, 3.05) is 39.4 Å². The van der Waals surface area contributed by atoms with Crippen LogP contribution in [0.3, 0.4) is 0 Å². The zero-order valence-electron chi connectivity index (χ0n) is 15.5. The molecule has 2 heterocycles. The van der Waals surface area contributed by atoms with Crippen molar-refractivity contribution >= 4 is 11.8 Å². The van der Waals surface area contributed by atoms with Crippen LogP contribution in [0, 0.1) is 17.0 Å². The second-order valence-corrected chi connectivity index (χ2v) is 6.49. The highest BCUT2D eigenvalue weighted by atomic mass is 16.6. The van der Waals surface area contributed by atoms with Gasteiger partial charge in [0.15, 0.2) is 0 Å². The third kappa shape index (κ3) is 5.26. The van der Waals surface area contributed by atoms with E-state index in [-0.39, 0.29) is 16.7 Å². The Bertz CT molecular complexity index is 781. The number of hydrogen-bond donors (Lipinski definition) is 1. The number of para-hydroxylation sites is 1. The van der Waals surface area contributed by atoms with Crippen LogP contribution in [0.4, 0.5) is 5.69 Å². The Morgan fingerprint density at radius 1 is 1.26 bits per heavy atom. The van der Waals surface area contributed by atoms with Crippen molar-refractivity contribution in [3.63, 3.8) is 0 Å². The van der Waals surface area contributed by atoms with Gasteiger partial charge in [0, 0.05) is 32.2 Å². The van der Waals surface area contributed by atoms with Crippen LogP contribution in [0.5, 0.6) is 0 Å². The number of hydrogen-bond acceptors (Lipinski definition) is 6. The van der Waals surface area contributed by atoms with Gasteiger partial charge in [-0.1, -0.05) is 24.3 Å². The summed E-state index contributed by atoms with van der Waals surface area (Å²) in [6.07, 6.45) is 3.69. The summed E-state index contributed by atoms with van der Waals surface area (Å²) in [5, 5.41) is 14.5. The summed E-state index contributed by atoms with van der Waals surface area (Å²) in [6, 6.07) is 10.9. The van der Waals surface area contributed by atoms with Crippen molar-refractivity contribution in [2.24, 2.45) is 0 Å². The lowest BCUT2D eigenvalue weighted by Crippen LogP contribution is -2.42. The molecule has 7 nitrogen and oxygen atoms in total. The summed E-state index contributed by atoms with van der Waals surface area (Å²) >= 11 is 0. The first-order valence-corrected chi connectivity index (χ1v) is 9.14. The van der Waals surface area contributed by atoms with Crippen LogP contribution in [0.2, 0.25) is 0 Å². The van der Waals surface area contributed by atoms with Crippen molar-refractivity contribution in [2.45, 2.75) is 13.0 Å². The maximum Gasteiger partial charge on any atom is 0.276 e. The maximum absolute atomic E-state index is 11.1. The predicted molar refractivity (Wildman–Crippen MR) is 104 cm³/mol. The molecular formula is C20H25N3O4. The van der Waals surface area contributed by atoms with E-state index in [0.29, 0.717) is 12.1 Å². The van der Waals surface area contributed by atoms with Gasteiger partial charge in [-0.3, -0.25) is 15.0 Å². The first-order valence-electron chi connectivity index (χ1n) is 9.14. The van der Waals surface area contributed by atoms with Gasteiger partial charge >= 0.3 is 0 Å². The molecule has 2 aromatic rings. The second kappa shape index (κ2) is 9.45. The number of morpholine rings is 1. The van der Waals surface area contributed by atoms with Crippen LogP contribution in [0.25, 0.3) is 6.08 Å². The lowest BCUT2D eigenvalue weighted by molar-refractivity contribution is -0.385. The number of nitro benzene ring substituents is 1. The molecule has 1 fully saturated rings. The summed E-state index contributed by atoms with van der Waals surface area (Å²) in [5.74, 6) is 1.85. The molecule has 0 spiro atoms. The van der Waals surface area contributed by atoms with E-state index in [4.69, 9.17) is 9.15 Å². The van der Waals surface area contributed by atoms with Gasteiger partial charge in [0.25, 0.3) is 5.69 Å². The molecule has 0 bridgehead atoms. The number of rotatable bonds is 8. The molecule has 0 amide bonds. The Labute approximate surface area is 158 Å². The van der Waals surface area contributed by atoms with Gasteiger partial charge in [0.2, 0.25) is 0 Å². The molecule has 1 unspecified atom stereocenters. The Balaban J connectivity index is 1.58. The van der Waals surface area contributed by atoms with Crippen molar-refractivity contribution < 1.29 is 14.1 Å². The molecule has 0 saturated carbocycles. The van der Waals surface area contributed by atoms with Crippen LogP contribution in [-0.4, -0.2) is 49.2 Å². The molecule has 0 radical (unpaired) electrons. The summed E-state index contributed by atoms with van der Waals surface area (Å²) in [6.45, 7) is 6.50. The smallest absolute Gasteiger partial charge is 0.276 e. The minimum atomic E-state index is -0.360. The molecule has 1 aliphatic heterocycles. The minimum absolute atomic E-state index is 0.117. The number of nitrogens with one attached hydrogen (secondary N) is 1. The SMILES string of the molecule is Cc1ccc(C(CNC/C=C/c2ccccc2[N+](=O)[O-])N2CCOCC2)o1. The van der Waals surface area contributed by atoms with Gasteiger partial charge in [-0.2, -0.15) is 0 Å². The van der Waals surface area contributed by atoms with E-state index in [1.54, 1.807) is 24.3 Å². The zero-order valence-corrected chi connectivity index (χ0v) is 15.5. The Morgan fingerprint density at radius 2 is 2.04 bits per heavy atom. The lowest BCUT2D eigenvalue weighted by Gasteiger charge is -2.33. The third-order valence-electron chi connectivity index (χ3n) is 4.61. The average molecular weight is 371 g/mol. The van der Waals surface area contributed by atoms with E-state index >= 15 is 0 Å². The quantitative estimate of drug-likeness (QED) is 0.436. The summed E-state index contributed by atoms with van der Waals surface area (Å²) in [7, 11) is 0. The van der Waals surface area contributed by atoms with E-state index in [9.17, 15) is 10.1 Å². The first kappa shape index (κ1) is 19.3. The molecular weight excluding hydrogens is 346 g/mol. The van der Waals surface area contributed by atoms with Crippen LogP contribution in [0.1, 0.15) is 23.1 Å². The Kier molecular flexibility index (Phi) is 6.75. The molecule has 0 aliphatic carbocycles. The number of nitro groups is 1. The van der Waals surface area contributed by atoms with E-state index in [1.165, 1.54) is 6.07 Å². The van der Waals surface area contributed by atoms with Crippen LogP contribution in [-0.2, 0) is 4.74 Å².